The predicted octanol–water partition coefficient (Wildman–Crippen LogP) is 1.43. The molecule has 1 atom stereocenters. The van der Waals surface area contributed by atoms with Gasteiger partial charge in [-0.15, -0.1) is 0 Å². The Bertz CT molecular complexity index is 104. The zero-order valence-corrected chi connectivity index (χ0v) is 4.66. The number of hydrogen-bond donors (Lipinski definition) is 0. The van der Waals surface area contributed by atoms with Crippen molar-refractivity contribution in [3.05, 3.63) is 5.75 Å². The molecule has 0 aliphatic carbocycles. The Labute approximate surface area is 50.2 Å². The lowest BCUT2D eigenvalue weighted by Gasteiger charge is -1.99. The molecule has 1 unspecified atom stereocenters. The normalized spacial score (nSPS) is 27.6. The van der Waals surface area contributed by atoms with E-state index in [2.05, 4.69) is 10.5 Å². The van der Waals surface area contributed by atoms with Crippen LogP contribution in [0.4, 0.5) is 8.78 Å². The first kappa shape index (κ1) is 6.01. The van der Waals surface area contributed by atoms with E-state index in [1.807, 2.05) is 0 Å². The highest BCUT2D eigenvalue weighted by Gasteiger charge is 2.22. The van der Waals surface area contributed by atoms with Crippen molar-refractivity contribution < 1.29 is 8.78 Å². The fourth-order valence-electron chi connectivity index (χ4n) is 0.338. The first-order chi connectivity index (χ1) is 3.80. The van der Waals surface area contributed by atoms with E-state index in [1.165, 1.54) is 5.75 Å². The van der Waals surface area contributed by atoms with Gasteiger partial charge in [0.1, 0.15) is 11.6 Å². The molecule has 0 spiro atoms. The molecule has 1 nitrogen and oxygen atoms in total. The van der Waals surface area contributed by atoms with Crippen molar-refractivity contribution in [2.24, 2.45) is 4.99 Å². The van der Waals surface area contributed by atoms with Gasteiger partial charge in [0.05, 0.1) is 5.75 Å². The van der Waals surface area contributed by atoms with Crippen LogP contribution in [0.25, 0.3) is 0 Å². The maximum Gasteiger partial charge on any atom is 0.261 e. The molecule has 1 aliphatic rings. The fourth-order valence-corrected chi connectivity index (χ4v) is 0.900. The highest BCUT2D eigenvalue weighted by atomic mass is 32.2. The molecule has 0 N–H and O–H groups in total. The van der Waals surface area contributed by atoms with Crippen molar-refractivity contribution in [3.63, 3.8) is 0 Å². The standard InChI is InChI=1S/C4H3F2NS/c5-4(6)3-1-8-2-7-3/h1,3-4H. The number of rotatable bonds is 1. The number of nitrogens with zero attached hydrogens (tertiary/aromatic N) is 1. The van der Waals surface area contributed by atoms with E-state index in [9.17, 15) is 8.78 Å². The number of halogens is 2. The van der Waals surface area contributed by atoms with Gasteiger partial charge in [0.2, 0.25) is 0 Å². The maximum atomic E-state index is 11.6. The van der Waals surface area contributed by atoms with Crippen LogP contribution in [0.3, 0.4) is 0 Å². The van der Waals surface area contributed by atoms with E-state index < -0.39 is 12.5 Å². The fraction of sp³-hybridized carbons (Fsp3) is 0.500. The quantitative estimate of drug-likeness (QED) is 0.529. The van der Waals surface area contributed by atoms with E-state index >= 15 is 0 Å². The third kappa shape index (κ3) is 1.18. The topological polar surface area (TPSA) is 12.4 Å². The Morgan fingerprint density at radius 1 is 1.75 bits per heavy atom. The smallest absolute Gasteiger partial charge is 0.261 e. The Hall–Kier alpha value is -0.120. The Balaban J connectivity index is 2.36. The van der Waals surface area contributed by atoms with Gasteiger partial charge in [0, 0.05) is 0 Å². The molecule has 0 aromatic rings. The second-order valence-electron chi connectivity index (χ2n) is 1.30. The van der Waals surface area contributed by atoms with Crippen LogP contribution in [-0.2, 0) is 0 Å². The van der Waals surface area contributed by atoms with Crippen LogP contribution in [0.1, 0.15) is 0 Å². The molecular formula is C4H3F2NS. The lowest BCUT2D eigenvalue weighted by Crippen LogP contribution is -2.10. The molecular weight excluding hydrogens is 132 g/mol. The van der Waals surface area contributed by atoms with E-state index in [-0.39, 0.29) is 0 Å². The highest BCUT2D eigenvalue weighted by Crippen LogP contribution is 2.21. The van der Waals surface area contributed by atoms with Crippen LogP contribution in [0, 0.1) is 5.75 Å². The summed E-state index contributed by atoms with van der Waals surface area (Å²) in [6.07, 6.45) is -2.36. The summed E-state index contributed by atoms with van der Waals surface area (Å²) in [6, 6.07) is -0.917. The van der Waals surface area contributed by atoms with Crippen molar-refractivity contribution in [1.29, 1.82) is 0 Å². The van der Waals surface area contributed by atoms with Gasteiger partial charge < -0.3 is 0 Å². The molecule has 0 bridgehead atoms. The minimum atomic E-state index is -2.36. The molecule has 4 heteroatoms. The lowest BCUT2D eigenvalue weighted by atomic mass is 10.4. The zero-order valence-electron chi connectivity index (χ0n) is 3.84. The van der Waals surface area contributed by atoms with Gasteiger partial charge in [-0.05, 0) is 0 Å². The summed E-state index contributed by atoms with van der Waals surface area (Å²) >= 11 is 1.09. The van der Waals surface area contributed by atoms with Crippen molar-refractivity contribution in [3.8, 4) is 0 Å². The van der Waals surface area contributed by atoms with Crippen molar-refractivity contribution >= 4 is 17.3 Å². The van der Waals surface area contributed by atoms with Gasteiger partial charge in [-0.3, -0.25) is 4.99 Å². The van der Waals surface area contributed by atoms with Crippen molar-refractivity contribution in [2.45, 2.75) is 12.5 Å². The van der Waals surface area contributed by atoms with Gasteiger partial charge in [-0.2, -0.15) is 0 Å². The summed E-state index contributed by atoms with van der Waals surface area (Å²) in [5, 5.41) is 0. The minimum Gasteiger partial charge on any atom is -0.265 e. The average molecular weight is 135 g/mol. The summed E-state index contributed by atoms with van der Waals surface area (Å²) in [6.45, 7) is 0. The molecule has 0 amide bonds. The van der Waals surface area contributed by atoms with Crippen LogP contribution in [0.2, 0.25) is 0 Å². The van der Waals surface area contributed by atoms with Gasteiger partial charge in [-0.1, -0.05) is 11.8 Å². The van der Waals surface area contributed by atoms with Crippen LogP contribution in [0.5, 0.6) is 0 Å². The predicted molar refractivity (Wildman–Crippen MR) is 29.1 cm³/mol. The van der Waals surface area contributed by atoms with Gasteiger partial charge in [-0.25, -0.2) is 8.78 Å². The second-order valence-corrected chi connectivity index (χ2v) is 1.99. The number of aliphatic imine (C=N–C) groups is 1. The van der Waals surface area contributed by atoms with E-state index in [4.69, 9.17) is 0 Å². The molecule has 0 saturated heterocycles. The third-order valence-electron chi connectivity index (χ3n) is 0.720. The average Bonchev–Trinajstić information content (AvgIpc) is 2.12. The van der Waals surface area contributed by atoms with Crippen LogP contribution in [0.15, 0.2) is 4.99 Å². The maximum absolute atomic E-state index is 11.6. The number of hydrogen-bond acceptors (Lipinski definition) is 2. The molecule has 8 heavy (non-hydrogen) atoms. The Morgan fingerprint density at radius 3 is 2.75 bits per heavy atom. The summed E-state index contributed by atoms with van der Waals surface area (Å²) in [5.41, 5.74) is 2.36. The minimum absolute atomic E-state index is 0.917. The molecule has 1 heterocycles. The summed E-state index contributed by atoms with van der Waals surface area (Å²) < 4.78 is 23.1. The summed E-state index contributed by atoms with van der Waals surface area (Å²) in [7, 11) is 0. The highest BCUT2D eigenvalue weighted by molar-refractivity contribution is 8.14. The zero-order chi connectivity index (χ0) is 5.98. The van der Waals surface area contributed by atoms with Gasteiger partial charge in [0.25, 0.3) is 6.43 Å². The number of alkyl halides is 2. The molecule has 0 aromatic carbocycles. The van der Waals surface area contributed by atoms with Crippen molar-refractivity contribution in [2.75, 3.05) is 0 Å². The SMILES string of the molecule is FC(F)C1[CH]S[C]=N1. The number of thioether (sulfide) groups is 1. The Kier molecular flexibility index (Phi) is 1.83. The summed E-state index contributed by atoms with van der Waals surface area (Å²) in [5.74, 6) is 1.37. The molecule has 1 aliphatic heterocycles. The first-order valence-corrected chi connectivity index (χ1v) is 2.90. The van der Waals surface area contributed by atoms with Crippen LogP contribution in [-0.4, -0.2) is 18.0 Å². The van der Waals surface area contributed by atoms with E-state index in [0.717, 1.165) is 11.8 Å². The molecule has 0 aromatic heterocycles. The molecule has 0 fully saturated rings. The molecule has 44 valence electrons. The first-order valence-electron chi connectivity index (χ1n) is 2.02. The van der Waals surface area contributed by atoms with Crippen molar-refractivity contribution in [1.82, 2.24) is 0 Å². The van der Waals surface area contributed by atoms with Gasteiger partial charge in [0.15, 0.2) is 0 Å². The third-order valence-corrected chi connectivity index (χ3v) is 1.35. The van der Waals surface area contributed by atoms with Crippen LogP contribution >= 0.6 is 11.8 Å². The summed E-state index contributed by atoms with van der Waals surface area (Å²) in [4.78, 5) is 3.34. The van der Waals surface area contributed by atoms with Gasteiger partial charge >= 0.3 is 0 Å². The molecule has 2 radical (unpaired) electrons. The second kappa shape index (κ2) is 2.44. The van der Waals surface area contributed by atoms with E-state index in [1.54, 1.807) is 0 Å². The Morgan fingerprint density at radius 2 is 2.50 bits per heavy atom. The largest absolute Gasteiger partial charge is 0.265 e. The molecule has 0 saturated carbocycles. The monoisotopic (exact) mass is 135 g/mol. The van der Waals surface area contributed by atoms with E-state index in [0.29, 0.717) is 0 Å². The lowest BCUT2D eigenvalue weighted by molar-refractivity contribution is 0.132. The van der Waals surface area contributed by atoms with Crippen LogP contribution < -0.4 is 0 Å². The molecule has 1 rings (SSSR count).